The highest BCUT2D eigenvalue weighted by atomic mass is 32.2. The van der Waals surface area contributed by atoms with Crippen LogP contribution in [-0.4, -0.2) is 14.6 Å². The molecule has 0 aliphatic heterocycles. The van der Waals surface area contributed by atoms with Crippen molar-refractivity contribution >= 4 is 28.0 Å². The second-order valence-corrected chi connectivity index (χ2v) is 5.87. The zero-order valence-corrected chi connectivity index (χ0v) is 12.0. The molecule has 5 nitrogen and oxygen atoms in total. The van der Waals surface area contributed by atoms with Crippen molar-refractivity contribution in [1.29, 1.82) is 0 Å². The summed E-state index contributed by atoms with van der Waals surface area (Å²) in [6.07, 6.45) is 4.85. The molecule has 108 valence electrons. The average Bonchev–Trinajstić information content (AvgIpc) is 2.48. The van der Waals surface area contributed by atoms with E-state index >= 15 is 0 Å². The standard InChI is InChI=1S/C15H15N3O2S/c16-14-8-10-15(11-9-14)21(19,20)18-17-12-4-7-13-5-2-1-3-6-13/h1-12,18H,16H2/b7-4-,17-12+. The molecule has 2 aromatic carbocycles. The van der Waals surface area contributed by atoms with Gasteiger partial charge in [-0.2, -0.15) is 13.5 Å². The fourth-order valence-corrected chi connectivity index (χ4v) is 2.36. The highest BCUT2D eigenvalue weighted by molar-refractivity contribution is 7.89. The Labute approximate surface area is 123 Å². The van der Waals surface area contributed by atoms with Gasteiger partial charge in [0, 0.05) is 11.9 Å². The van der Waals surface area contributed by atoms with Crippen molar-refractivity contribution in [2.45, 2.75) is 4.90 Å². The molecule has 6 heteroatoms. The maximum Gasteiger partial charge on any atom is 0.276 e. The minimum Gasteiger partial charge on any atom is -0.399 e. The van der Waals surface area contributed by atoms with Gasteiger partial charge in [-0.05, 0) is 35.9 Å². The number of nitrogens with zero attached hydrogens (tertiary/aromatic N) is 1. The first-order chi connectivity index (χ1) is 10.1. The number of hydrazone groups is 1. The number of benzene rings is 2. The summed E-state index contributed by atoms with van der Waals surface area (Å²) in [6, 6.07) is 15.5. The zero-order chi connectivity index (χ0) is 15.1. The van der Waals surface area contributed by atoms with Crippen LogP contribution in [0.15, 0.2) is 70.7 Å². The molecule has 0 heterocycles. The molecule has 0 aliphatic carbocycles. The Morgan fingerprint density at radius 1 is 1.00 bits per heavy atom. The van der Waals surface area contributed by atoms with Crippen LogP contribution in [0.4, 0.5) is 5.69 Å². The fraction of sp³-hybridized carbons (Fsp3) is 0. The predicted molar refractivity (Wildman–Crippen MR) is 85.1 cm³/mol. The average molecular weight is 301 g/mol. The third-order valence-electron chi connectivity index (χ3n) is 2.61. The summed E-state index contributed by atoms with van der Waals surface area (Å²) in [4.78, 5) is 2.24. The van der Waals surface area contributed by atoms with Crippen LogP contribution < -0.4 is 10.6 Å². The van der Waals surface area contributed by atoms with E-state index in [-0.39, 0.29) is 4.90 Å². The van der Waals surface area contributed by atoms with Gasteiger partial charge in [0.05, 0.1) is 4.90 Å². The lowest BCUT2D eigenvalue weighted by atomic mass is 10.2. The van der Waals surface area contributed by atoms with Crippen LogP contribution in [0.3, 0.4) is 0 Å². The molecule has 0 aromatic heterocycles. The molecule has 21 heavy (non-hydrogen) atoms. The molecule has 0 amide bonds. The normalized spacial score (nSPS) is 12.0. The number of hydrogen-bond donors (Lipinski definition) is 2. The first-order valence-corrected chi connectivity index (χ1v) is 7.68. The van der Waals surface area contributed by atoms with Gasteiger partial charge in [0.15, 0.2) is 0 Å². The summed E-state index contributed by atoms with van der Waals surface area (Å²) < 4.78 is 23.8. The van der Waals surface area contributed by atoms with Crippen molar-refractivity contribution < 1.29 is 8.42 Å². The van der Waals surface area contributed by atoms with E-state index in [0.717, 1.165) is 5.56 Å². The van der Waals surface area contributed by atoms with Gasteiger partial charge in [-0.15, -0.1) is 0 Å². The molecular weight excluding hydrogens is 286 g/mol. The molecule has 2 aromatic rings. The Kier molecular flexibility index (Phi) is 4.73. The van der Waals surface area contributed by atoms with Crippen LogP contribution in [0.25, 0.3) is 6.08 Å². The van der Waals surface area contributed by atoms with Gasteiger partial charge in [-0.3, -0.25) is 0 Å². The van der Waals surface area contributed by atoms with E-state index in [0.29, 0.717) is 5.69 Å². The van der Waals surface area contributed by atoms with Crippen LogP contribution >= 0.6 is 0 Å². The largest absolute Gasteiger partial charge is 0.399 e. The Morgan fingerprint density at radius 3 is 2.33 bits per heavy atom. The second kappa shape index (κ2) is 6.71. The summed E-state index contributed by atoms with van der Waals surface area (Å²) in [5, 5.41) is 3.68. The molecule has 3 N–H and O–H groups in total. The van der Waals surface area contributed by atoms with E-state index in [1.165, 1.54) is 30.5 Å². The van der Waals surface area contributed by atoms with Gasteiger partial charge in [0.25, 0.3) is 10.0 Å². The first kappa shape index (κ1) is 14.8. The molecule has 0 fully saturated rings. The van der Waals surface area contributed by atoms with Crippen LogP contribution in [0.5, 0.6) is 0 Å². The lowest BCUT2D eigenvalue weighted by Gasteiger charge is -2.02. The Morgan fingerprint density at radius 2 is 1.67 bits per heavy atom. The Bertz CT molecular complexity index is 736. The summed E-state index contributed by atoms with van der Waals surface area (Å²) in [6.45, 7) is 0. The Balaban J connectivity index is 1.97. The minimum atomic E-state index is -3.66. The molecular formula is C15H15N3O2S. The minimum absolute atomic E-state index is 0.112. The Hall–Kier alpha value is -2.60. The van der Waals surface area contributed by atoms with Crippen LogP contribution in [0.1, 0.15) is 5.56 Å². The van der Waals surface area contributed by atoms with E-state index in [1.54, 1.807) is 6.08 Å². The SMILES string of the molecule is Nc1ccc(S(=O)(=O)N/N=C/C=C\c2ccccc2)cc1. The quantitative estimate of drug-likeness (QED) is 0.504. The maximum absolute atomic E-state index is 11.9. The van der Waals surface area contributed by atoms with Crippen molar-refractivity contribution in [3.05, 3.63) is 66.2 Å². The van der Waals surface area contributed by atoms with Gasteiger partial charge < -0.3 is 5.73 Å². The van der Waals surface area contributed by atoms with E-state index < -0.39 is 10.0 Å². The van der Waals surface area contributed by atoms with Gasteiger partial charge in [0.1, 0.15) is 0 Å². The number of anilines is 1. The van der Waals surface area contributed by atoms with E-state index in [9.17, 15) is 8.42 Å². The molecule has 2 rings (SSSR count). The number of nitrogens with one attached hydrogen (secondary N) is 1. The van der Waals surface area contributed by atoms with E-state index in [2.05, 4.69) is 9.93 Å². The summed E-state index contributed by atoms with van der Waals surface area (Å²) in [5.41, 5.74) is 7.02. The topological polar surface area (TPSA) is 84.5 Å². The molecule has 0 radical (unpaired) electrons. The van der Waals surface area contributed by atoms with Crippen LogP contribution in [-0.2, 0) is 10.0 Å². The van der Waals surface area contributed by atoms with Crippen molar-refractivity contribution in [3.63, 3.8) is 0 Å². The summed E-state index contributed by atoms with van der Waals surface area (Å²) in [7, 11) is -3.66. The highest BCUT2D eigenvalue weighted by Crippen LogP contribution is 2.11. The summed E-state index contributed by atoms with van der Waals surface area (Å²) in [5.74, 6) is 0. The number of nitrogen functional groups attached to an aromatic ring is 1. The van der Waals surface area contributed by atoms with Crippen LogP contribution in [0.2, 0.25) is 0 Å². The van der Waals surface area contributed by atoms with Crippen molar-refractivity contribution in [1.82, 2.24) is 4.83 Å². The third kappa shape index (κ3) is 4.47. The molecule has 0 spiro atoms. The molecule has 0 unspecified atom stereocenters. The number of rotatable bonds is 5. The lowest BCUT2D eigenvalue weighted by molar-refractivity contribution is 0.584. The first-order valence-electron chi connectivity index (χ1n) is 6.20. The monoisotopic (exact) mass is 301 g/mol. The van der Waals surface area contributed by atoms with Crippen LogP contribution in [0, 0.1) is 0 Å². The van der Waals surface area contributed by atoms with Gasteiger partial charge >= 0.3 is 0 Å². The second-order valence-electron chi connectivity index (χ2n) is 4.21. The number of hydrogen-bond acceptors (Lipinski definition) is 4. The molecule has 0 atom stereocenters. The molecule has 0 bridgehead atoms. The predicted octanol–water partition coefficient (Wildman–Crippen LogP) is 2.25. The van der Waals surface area contributed by atoms with Gasteiger partial charge in [-0.25, -0.2) is 4.83 Å². The smallest absolute Gasteiger partial charge is 0.276 e. The highest BCUT2D eigenvalue weighted by Gasteiger charge is 2.11. The third-order valence-corrected chi connectivity index (χ3v) is 3.85. The lowest BCUT2D eigenvalue weighted by Crippen LogP contribution is -2.18. The summed E-state index contributed by atoms with van der Waals surface area (Å²) >= 11 is 0. The van der Waals surface area contributed by atoms with Crippen molar-refractivity contribution in [2.75, 3.05) is 5.73 Å². The van der Waals surface area contributed by atoms with Gasteiger partial charge in [-0.1, -0.05) is 36.4 Å². The van der Waals surface area contributed by atoms with E-state index in [4.69, 9.17) is 5.73 Å². The molecule has 0 aliphatic rings. The maximum atomic E-state index is 11.9. The zero-order valence-electron chi connectivity index (χ0n) is 11.2. The number of sulfonamides is 1. The number of nitrogens with two attached hydrogens (primary N) is 1. The van der Waals surface area contributed by atoms with E-state index in [1.807, 2.05) is 36.4 Å². The van der Waals surface area contributed by atoms with Gasteiger partial charge in [0.2, 0.25) is 0 Å². The van der Waals surface area contributed by atoms with Crippen molar-refractivity contribution in [3.8, 4) is 0 Å². The number of allylic oxidation sites excluding steroid dienone is 1. The fourth-order valence-electron chi connectivity index (χ4n) is 1.56. The van der Waals surface area contributed by atoms with Crippen molar-refractivity contribution in [2.24, 2.45) is 5.10 Å². The molecule has 0 saturated heterocycles. The molecule has 0 saturated carbocycles.